The van der Waals surface area contributed by atoms with Gasteiger partial charge in [0.1, 0.15) is 0 Å². The molecule has 1 heterocycles. The van der Waals surface area contributed by atoms with Crippen molar-refractivity contribution in [2.24, 2.45) is 0 Å². The fraction of sp³-hybridized carbons (Fsp3) is 0.250. The van der Waals surface area contributed by atoms with E-state index in [4.69, 9.17) is 0 Å². The van der Waals surface area contributed by atoms with Crippen molar-refractivity contribution in [2.45, 2.75) is 19.5 Å². The van der Waals surface area contributed by atoms with Crippen LogP contribution < -0.4 is 0 Å². The Balaban J connectivity index is 2.18. The van der Waals surface area contributed by atoms with E-state index >= 15 is 0 Å². The summed E-state index contributed by atoms with van der Waals surface area (Å²) in [5, 5.41) is 3.56. The van der Waals surface area contributed by atoms with Crippen LogP contribution in [0.5, 0.6) is 0 Å². The van der Waals surface area contributed by atoms with Crippen molar-refractivity contribution in [2.75, 3.05) is 0 Å². The smallest absolute Gasteiger partial charge is 0.338 e. The molecule has 1 aromatic heterocycles. The van der Waals surface area contributed by atoms with Gasteiger partial charge in [-0.15, -0.1) is 0 Å². The maximum absolute atomic E-state index is 12.1. The van der Waals surface area contributed by atoms with Crippen LogP contribution >= 0.6 is 0 Å². The molecule has 0 saturated carbocycles. The Labute approximate surface area is 106 Å². The number of benzene rings is 1. The molecule has 0 spiro atoms. The molecule has 0 aliphatic heterocycles. The number of rotatable bonds is 3. The average Bonchev–Trinajstić information content (AvgIpc) is 2.76. The van der Waals surface area contributed by atoms with Crippen LogP contribution in [0.1, 0.15) is 11.5 Å². The minimum absolute atomic E-state index is 0.161. The van der Waals surface area contributed by atoms with Crippen LogP contribution in [0, 0.1) is 6.92 Å². The zero-order chi connectivity index (χ0) is 14.0. The van der Waals surface area contributed by atoms with Gasteiger partial charge >= 0.3 is 6.18 Å². The number of nitrogens with zero attached hydrogens (tertiary/aromatic N) is 2. The van der Waals surface area contributed by atoms with Crippen molar-refractivity contribution in [3.05, 3.63) is 35.7 Å². The van der Waals surface area contributed by atoms with Crippen LogP contribution in [0.25, 0.3) is 11.4 Å². The number of carbonyl (C=O) groups excluding carboxylic acids is 1. The highest BCUT2D eigenvalue weighted by atomic mass is 19.4. The first-order valence-electron chi connectivity index (χ1n) is 5.36. The second-order valence-electron chi connectivity index (χ2n) is 3.98. The quantitative estimate of drug-likeness (QED) is 0.860. The van der Waals surface area contributed by atoms with Gasteiger partial charge in [-0.2, -0.15) is 18.2 Å². The molecule has 19 heavy (non-hydrogen) atoms. The molecule has 0 unspecified atom stereocenters. The molecule has 0 fully saturated rings. The van der Waals surface area contributed by atoms with Crippen molar-refractivity contribution in [1.82, 2.24) is 10.1 Å². The largest absolute Gasteiger partial charge is 0.450 e. The number of aromatic nitrogens is 2. The highest BCUT2D eigenvalue weighted by Crippen LogP contribution is 2.20. The predicted molar refractivity (Wildman–Crippen MR) is 59.2 cm³/mol. The van der Waals surface area contributed by atoms with E-state index in [9.17, 15) is 18.0 Å². The molecule has 0 atom stereocenters. The first-order chi connectivity index (χ1) is 8.86. The SMILES string of the molecule is Cc1cccc(-c2noc(CC(=O)C(F)(F)F)n2)c1. The minimum Gasteiger partial charge on any atom is -0.338 e. The monoisotopic (exact) mass is 270 g/mol. The number of hydrogen-bond acceptors (Lipinski definition) is 4. The normalized spacial score (nSPS) is 11.6. The molecule has 0 bridgehead atoms. The lowest BCUT2D eigenvalue weighted by Gasteiger charge is -2.00. The summed E-state index contributed by atoms with van der Waals surface area (Å²) in [6.07, 6.45) is -5.83. The molecule has 0 N–H and O–H groups in total. The summed E-state index contributed by atoms with van der Waals surface area (Å²) < 4.78 is 40.9. The van der Waals surface area contributed by atoms with Gasteiger partial charge in [0.15, 0.2) is 0 Å². The summed E-state index contributed by atoms with van der Waals surface area (Å²) in [5.74, 6) is -2.10. The lowest BCUT2D eigenvalue weighted by molar-refractivity contribution is -0.170. The highest BCUT2D eigenvalue weighted by Gasteiger charge is 2.39. The van der Waals surface area contributed by atoms with E-state index in [0.29, 0.717) is 5.56 Å². The van der Waals surface area contributed by atoms with Crippen LogP contribution in [0.4, 0.5) is 13.2 Å². The third kappa shape index (κ3) is 3.18. The van der Waals surface area contributed by atoms with Gasteiger partial charge in [-0.1, -0.05) is 28.9 Å². The van der Waals surface area contributed by atoms with Crippen LogP contribution in [-0.4, -0.2) is 22.1 Å². The maximum Gasteiger partial charge on any atom is 0.450 e. The average molecular weight is 270 g/mol. The zero-order valence-electron chi connectivity index (χ0n) is 9.86. The van der Waals surface area contributed by atoms with E-state index in [1.54, 1.807) is 18.2 Å². The van der Waals surface area contributed by atoms with Crippen molar-refractivity contribution >= 4 is 5.78 Å². The number of hydrogen-bond donors (Lipinski definition) is 0. The number of carbonyl (C=O) groups is 1. The van der Waals surface area contributed by atoms with E-state index in [2.05, 4.69) is 14.7 Å². The van der Waals surface area contributed by atoms with Crippen LogP contribution in [-0.2, 0) is 11.2 Å². The number of alkyl halides is 3. The zero-order valence-corrected chi connectivity index (χ0v) is 9.86. The van der Waals surface area contributed by atoms with Gasteiger partial charge in [0, 0.05) is 5.56 Å². The molecular formula is C12H9F3N2O2. The fourth-order valence-corrected chi connectivity index (χ4v) is 1.47. The van der Waals surface area contributed by atoms with Crippen LogP contribution in [0.2, 0.25) is 0 Å². The van der Waals surface area contributed by atoms with Crippen LogP contribution in [0.3, 0.4) is 0 Å². The van der Waals surface area contributed by atoms with Crippen LogP contribution in [0.15, 0.2) is 28.8 Å². The predicted octanol–water partition coefficient (Wildman–Crippen LogP) is 2.72. The standard InChI is InChI=1S/C12H9F3N2O2/c1-7-3-2-4-8(5-7)11-16-10(19-17-11)6-9(18)12(13,14)15/h2-5H,6H2,1H3. The Morgan fingerprint density at radius 3 is 2.74 bits per heavy atom. The van der Waals surface area contributed by atoms with E-state index in [1.165, 1.54) is 0 Å². The van der Waals surface area contributed by atoms with Gasteiger partial charge in [-0.05, 0) is 13.0 Å². The fourth-order valence-electron chi connectivity index (χ4n) is 1.47. The van der Waals surface area contributed by atoms with Crippen molar-refractivity contribution in [3.8, 4) is 11.4 Å². The molecule has 4 nitrogen and oxygen atoms in total. The second kappa shape index (κ2) is 4.83. The number of aryl methyl sites for hydroxylation is 1. The maximum atomic E-state index is 12.1. The molecular weight excluding hydrogens is 261 g/mol. The third-order valence-electron chi connectivity index (χ3n) is 2.37. The van der Waals surface area contributed by atoms with Gasteiger partial charge in [0.05, 0.1) is 6.42 Å². The van der Waals surface area contributed by atoms with Gasteiger partial charge in [-0.3, -0.25) is 4.79 Å². The van der Waals surface area contributed by atoms with E-state index in [0.717, 1.165) is 5.56 Å². The molecule has 2 rings (SSSR count). The van der Waals surface area contributed by atoms with Crippen molar-refractivity contribution in [1.29, 1.82) is 0 Å². The Morgan fingerprint density at radius 1 is 1.37 bits per heavy atom. The minimum atomic E-state index is -4.89. The molecule has 2 aromatic rings. The van der Waals surface area contributed by atoms with Gasteiger partial charge < -0.3 is 4.52 Å². The van der Waals surface area contributed by atoms with Gasteiger partial charge in [0.25, 0.3) is 0 Å². The molecule has 0 aliphatic rings. The highest BCUT2D eigenvalue weighted by molar-refractivity contribution is 5.85. The lowest BCUT2D eigenvalue weighted by atomic mass is 10.1. The Bertz CT molecular complexity index is 605. The summed E-state index contributed by atoms with van der Waals surface area (Å²) in [7, 11) is 0. The molecule has 7 heteroatoms. The molecule has 0 saturated heterocycles. The Morgan fingerprint density at radius 2 is 2.11 bits per heavy atom. The summed E-state index contributed by atoms with van der Waals surface area (Å²) in [4.78, 5) is 14.6. The van der Waals surface area contributed by atoms with E-state index in [-0.39, 0.29) is 11.7 Å². The number of halogens is 3. The van der Waals surface area contributed by atoms with Crippen molar-refractivity contribution in [3.63, 3.8) is 0 Å². The third-order valence-corrected chi connectivity index (χ3v) is 2.37. The number of ketones is 1. The Kier molecular flexibility index (Phi) is 3.37. The van der Waals surface area contributed by atoms with Gasteiger partial charge in [-0.25, -0.2) is 0 Å². The number of Topliss-reactive ketones (excluding diaryl/α,β-unsaturated/α-hetero) is 1. The summed E-state index contributed by atoms with van der Waals surface area (Å²) in [6.45, 7) is 1.86. The summed E-state index contributed by atoms with van der Waals surface area (Å²) >= 11 is 0. The topological polar surface area (TPSA) is 56.0 Å². The second-order valence-corrected chi connectivity index (χ2v) is 3.98. The summed E-state index contributed by atoms with van der Waals surface area (Å²) in [6, 6.07) is 7.09. The molecule has 0 amide bonds. The Hall–Kier alpha value is -2.18. The molecule has 1 aromatic carbocycles. The first-order valence-corrected chi connectivity index (χ1v) is 5.36. The van der Waals surface area contributed by atoms with E-state index in [1.807, 2.05) is 13.0 Å². The van der Waals surface area contributed by atoms with E-state index < -0.39 is 18.4 Å². The molecule has 100 valence electrons. The first kappa shape index (κ1) is 13.3. The molecule has 0 aliphatic carbocycles. The van der Waals surface area contributed by atoms with Gasteiger partial charge in [0.2, 0.25) is 17.5 Å². The van der Waals surface area contributed by atoms with Crippen molar-refractivity contribution < 1.29 is 22.5 Å². The summed E-state index contributed by atoms with van der Waals surface area (Å²) in [5.41, 5.74) is 1.57. The lowest BCUT2D eigenvalue weighted by Crippen LogP contribution is -2.24. The molecule has 0 radical (unpaired) electrons.